The Labute approximate surface area is 180 Å². The highest BCUT2D eigenvalue weighted by Gasteiger charge is 2.44. The van der Waals surface area contributed by atoms with Crippen LogP contribution in [0, 0.1) is 0 Å². The van der Waals surface area contributed by atoms with Crippen LogP contribution in [-0.4, -0.2) is 56.4 Å². The molecule has 1 fully saturated rings. The molecule has 154 valence electrons. The van der Waals surface area contributed by atoms with Crippen molar-refractivity contribution < 1.29 is 25.2 Å². The van der Waals surface area contributed by atoms with Gasteiger partial charge in [0.25, 0.3) is 0 Å². The second-order valence-corrected chi connectivity index (χ2v) is 9.36. The number of hydrogen-bond acceptors (Lipinski definition) is 8. The van der Waals surface area contributed by atoms with E-state index in [0.29, 0.717) is 17.0 Å². The largest absolute Gasteiger partial charge is 0.394 e. The summed E-state index contributed by atoms with van der Waals surface area (Å²) in [5, 5.41) is 43.4. The molecule has 1 saturated heterocycles. The molecule has 3 heterocycles. The predicted octanol–water partition coefficient (Wildman–Crippen LogP) is 2.63. The Hall–Kier alpha value is -1.36. The molecule has 6 nitrogen and oxygen atoms in total. The van der Waals surface area contributed by atoms with Crippen molar-refractivity contribution in [2.24, 2.45) is 0 Å². The molecule has 0 unspecified atom stereocenters. The average Bonchev–Trinajstić information content (AvgIpc) is 3.40. The van der Waals surface area contributed by atoms with Crippen LogP contribution in [-0.2, 0) is 11.2 Å². The number of halogens is 1. The lowest BCUT2D eigenvalue weighted by molar-refractivity contribution is -0.231. The summed E-state index contributed by atoms with van der Waals surface area (Å²) in [5.74, 6) is 0. The highest BCUT2D eigenvalue weighted by molar-refractivity contribution is 7.20. The lowest BCUT2D eigenvalue weighted by Crippen LogP contribution is -2.55. The Bertz CT molecular complexity index is 962. The molecule has 1 aromatic carbocycles. The second-order valence-electron chi connectivity index (χ2n) is 6.89. The molecule has 0 saturated carbocycles. The van der Waals surface area contributed by atoms with Gasteiger partial charge in [0.1, 0.15) is 35.5 Å². The van der Waals surface area contributed by atoms with Crippen LogP contribution in [0.25, 0.3) is 9.88 Å². The zero-order valence-corrected chi connectivity index (χ0v) is 17.6. The number of ether oxygens (including phenoxy) is 1. The quantitative estimate of drug-likeness (QED) is 0.473. The smallest absolute Gasteiger partial charge is 0.133 e. The minimum Gasteiger partial charge on any atom is -0.394 e. The van der Waals surface area contributed by atoms with E-state index < -0.39 is 37.1 Å². The van der Waals surface area contributed by atoms with Gasteiger partial charge >= 0.3 is 0 Å². The van der Waals surface area contributed by atoms with Gasteiger partial charge in [-0.25, -0.2) is 4.98 Å². The van der Waals surface area contributed by atoms with Crippen LogP contribution in [0.4, 0.5) is 0 Å². The first-order chi connectivity index (χ1) is 14.0. The second kappa shape index (κ2) is 8.79. The molecule has 9 heteroatoms. The fourth-order valence-electron chi connectivity index (χ4n) is 3.38. The Kier molecular flexibility index (Phi) is 6.33. The van der Waals surface area contributed by atoms with Gasteiger partial charge in [0.05, 0.1) is 11.5 Å². The summed E-state index contributed by atoms with van der Waals surface area (Å²) < 4.78 is 5.65. The monoisotopic (exact) mass is 453 g/mol. The van der Waals surface area contributed by atoms with Gasteiger partial charge in [0, 0.05) is 22.5 Å². The van der Waals surface area contributed by atoms with E-state index >= 15 is 0 Å². The third-order valence-corrected chi connectivity index (χ3v) is 7.35. The summed E-state index contributed by atoms with van der Waals surface area (Å²) in [6, 6.07) is 9.26. The maximum absolute atomic E-state index is 10.4. The first-order valence-electron chi connectivity index (χ1n) is 9.05. The van der Waals surface area contributed by atoms with E-state index in [-0.39, 0.29) is 0 Å². The molecule has 0 aliphatic carbocycles. The molecule has 0 spiro atoms. The molecule has 29 heavy (non-hydrogen) atoms. The number of aliphatic hydroxyl groups excluding tert-OH is 4. The summed E-state index contributed by atoms with van der Waals surface area (Å²) in [7, 11) is 0. The molecule has 0 amide bonds. The Balaban J connectivity index is 1.58. The molecule has 2 aromatic heterocycles. The minimum absolute atomic E-state index is 0.464. The van der Waals surface area contributed by atoms with Crippen LogP contribution >= 0.6 is 34.3 Å². The van der Waals surface area contributed by atoms with Crippen LogP contribution in [0.3, 0.4) is 0 Å². The average molecular weight is 454 g/mol. The standard InChI is InChI=1S/C20H20ClNO5S2/c21-13-4-3-10(19-18(26)17(25)16(24)14(9-23)27-19)6-11(13)7-12-8-22-20(29-12)15-2-1-5-28-15/h1-6,8,14,16-19,23-26H,7,9H2/t14-,16-,17+,18-,19+/m1/s1. The predicted molar refractivity (Wildman–Crippen MR) is 112 cm³/mol. The molecule has 4 N–H and O–H groups in total. The number of rotatable bonds is 5. The molecule has 4 rings (SSSR count). The zero-order valence-electron chi connectivity index (χ0n) is 15.2. The van der Waals surface area contributed by atoms with E-state index in [1.54, 1.807) is 34.8 Å². The SMILES string of the molecule is OC[C@H]1O[C@@H](c2ccc(Cl)c(Cc3cnc(-c4cccs4)s3)c2)[C@H](O)[C@@H](O)[C@@H]1O. The van der Waals surface area contributed by atoms with Gasteiger partial charge in [-0.2, -0.15) is 0 Å². The van der Waals surface area contributed by atoms with Crippen molar-refractivity contribution in [2.75, 3.05) is 6.61 Å². The topological polar surface area (TPSA) is 103 Å². The molecule has 1 aliphatic rings. The molecular formula is C20H20ClNO5S2. The molecule has 0 radical (unpaired) electrons. The Morgan fingerprint density at radius 1 is 1.10 bits per heavy atom. The van der Waals surface area contributed by atoms with Gasteiger partial charge in [-0.3, -0.25) is 0 Å². The number of hydrogen-bond donors (Lipinski definition) is 4. The van der Waals surface area contributed by atoms with E-state index in [0.717, 1.165) is 20.3 Å². The van der Waals surface area contributed by atoms with E-state index in [1.165, 1.54) is 0 Å². The molecule has 0 bridgehead atoms. The fourth-order valence-corrected chi connectivity index (χ4v) is 5.30. The fraction of sp³-hybridized carbons (Fsp3) is 0.350. The lowest BCUT2D eigenvalue weighted by Gasteiger charge is -2.40. The van der Waals surface area contributed by atoms with Gasteiger partial charge in [0.2, 0.25) is 0 Å². The summed E-state index contributed by atoms with van der Waals surface area (Å²) in [4.78, 5) is 6.64. The maximum atomic E-state index is 10.4. The number of thiophene rings is 1. The van der Waals surface area contributed by atoms with Gasteiger partial charge in [-0.05, 0) is 28.6 Å². The van der Waals surface area contributed by atoms with E-state index in [9.17, 15) is 20.4 Å². The highest BCUT2D eigenvalue weighted by atomic mass is 35.5. The highest BCUT2D eigenvalue weighted by Crippen LogP contribution is 2.35. The van der Waals surface area contributed by atoms with E-state index in [1.807, 2.05) is 29.8 Å². The summed E-state index contributed by atoms with van der Waals surface area (Å²) in [6.45, 7) is -0.464. The molecule has 3 aromatic rings. The van der Waals surface area contributed by atoms with Crippen molar-refractivity contribution in [3.8, 4) is 9.88 Å². The number of benzene rings is 1. The number of aromatic nitrogens is 1. The van der Waals surface area contributed by atoms with Crippen LogP contribution in [0.5, 0.6) is 0 Å². The molecule has 5 atom stereocenters. The van der Waals surface area contributed by atoms with Crippen molar-refractivity contribution in [3.63, 3.8) is 0 Å². The summed E-state index contributed by atoms with van der Waals surface area (Å²) >= 11 is 9.62. The van der Waals surface area contributed by atoms with E-state index in [2.05, 4.69) is 4.98 Å². The third kappa shape index (κ3) is 4.26. The lowest BCUT2D eigenvalue weighted by atomic mass is 9.90. The van der Waals surface area contributed by atoms with Gasteiger partial charge in [-0.15, -0.1) is 22.7 Å². The van der Waals surface area contributed by atoms with Gasteiger partial charge in [-0.1, -0.05) is 29.8 Å². The van der Waals surface area contributed by atoms with Gasteiger partial charge < -0.3 is 25.2 Å². The van der Waals surface area contributed by atoms with E-state index in [4.69, 9.17) is 16.3 Å². The summed E-state index contributed by atoms with van der Waals surface area (Å²) in [5.41, 5.74) is 1.45. The van der Waals surface area contributed by atoms with Crippen molar-refractivity contribution in [2.45, 2.75) is 36.9 Å². The number of thiazole rings is 1. The normalized spacial score (nSPS) is 27.3. The Morgan fingerprint density at radius 3 is 2.66 bits per heavy atom. The number of aliphatic hydroxyl groups is 4. The Morgan fingerprint density at radius 2 is 1.93 bits per heavy atom. The maximum Gasteiger partial charge on any atom is 0.133 e. The first kappa shape index (κ1) is 20.9. The minimum atomic E-state index is -1.42. The van der Waals surface area contributed by atoms with Crippen molar-refractivity contribution in [1.29, 1.82) is 0 Å². The van der Waals surface area contributed by atoms with Crippen LogP contribution in [0.1, 0.15) is 22.1 Å². The van der Waals surface area contributed by atoms with Crippen molar-refractivity contribution >= 4 is 34.3 Å². The first-order valence-corrected chi connectivity index (χ1v) is 11.1. The van der Waals surface area contributed by atoms with Crippen LogP contribution in [0.2, 0.25) is 5.02 Å². The third-order valence-electron chi connectivity index (χ3n) is 4.94. The van der Waals surface area contributed by atoms with Crippen molar-refractivity contribution in [3.05, 3.63) is 62.9 Å². The van der Waals surface area contributed by atoms with Crippen molar-refractivity contribution in [1.82, 2.24) is 4.98 Å². The van der Waals surface area contributed by atoms with Crippen LogP contribution < -0.4 is 0 Å². The zero-order chi connectivity index (χ0) is 20.5. The molecule has 1 aliphatic heterocycles. The number of nitrogens with zero attached hydrogens (tertiary/aromatic N) is 1. The molecular weight excluding hydrogens is 434 g/mol. The van der Waals surface area contributed by atoms with Crippen LogP contribution in [0.15, 0.2) is 41.9 Å². The summed E-state index contributed by atoms with van der Waals surface area (Å²) in [6.07, 6.45) is -3.57. The van der Waals surface area contributed by atoms with Gasteiger partial charge in [0.15, 0.2) is 0 Å².